The van der Waals surface area contributed by atoms with Crippen molar-refractivity contribution in [2.45, 2.75) is 25.2 Å². The van der Waals surface area contributed by atoms with Gasteiger partial charge in [0.25, 0.3) is 0 Å². The molecule has 3 aromatic carbocycles. The van der Waals surface area contributed by atoms with Crippen LogP contribution in [0.15, 0.2) is 66.7 Å². The van der Waals surface area contributed by atoms with Crippen molar-refractivity contribution in [1.82, 2.24) is 5.32 Å². The fourth-order valence-corrected chi connectivity index (χ4v) is 3.31. The molecule has 150 valence electrons. The Hall–Kier alpha value is -3.34. The number of carboxylic acids is 1. The molecular weight excluding hydrogens is 366 g/mol. The average molecular weight is 391 g/mol. The molecule has 5 heteroatoms. The van der Waals surface area contributed by atoms with Gasteiger partial charge in [0.15, 0.2) is 0 Å². The molecule has 3 rings (SSSR count). The zero-order valence-corrected chi connectivity index (χ0v) is 16.8. The Balaban J connectivity index is 1.76. The zero-order chi connectivity index (χ0) is 21.0. The molecule has 0 heterocycles. The molecule has 0 saturated heterocycles. The standard InChI is InChI=1S/C24H25NO4/c1-16(17-9-10-19-14-21(29-3)12-11-18(19)13-17)22(26)25-15-24(2,23(27)28)20-7-5-4-6-8-20/h4-14,16H,15H2,1-3H3,(H,25,26)(H,27,28)/t16-,24?/m0/s1. The van der Waals surface area contributed by atoms with E-state index in [9.17, 15) is 14.7 Å². The Bertz CT molecular complexity index is 1030. The summed E-state index contributed by atoms with van der Waals surface area (Å²) >= 11 is 0. The predicted octanol–water partition coefficient (Wildman–Crippen LogP) is 4.11. The molecule has 5 nitrogen and oxygen atoms in total. The number of fused-ring (bicyclic) bond motifs is 1. The van der Waals surface area contributed by atoms with Crippen LogP contribution in [-0.4, -0.2) is 30.6 Å². The fourth-order valence-electron chi connectivity index (χ4n) is 3.31. The van der Waals surface area contributed by atoms with Gasteiger partial charge in [-0.15, -0.1) is 0 Å². The second-order valence-electron chi connectivity index (χ2n) is 7.42. The molecular formula is C24H25NO4. The number of rotatable bonds is 7. The second-order valence-corrected chi connectivity index (χ2v) is 7.42. The predicted molar refractivity (Wildman–Crippen MR) is 113 cm³/mol. The third kappa shape index (κ3) is 4.24. The first kappa shape index (κ1) is 20.4. The monoisotopic (exact) mass is 391 g/mol. The smallest absolute Gasteiger partial charge is 0.315 e. The van der Waals surface area contributed by atoms with Gasteiger partial charge in [0.2, 0.25) is 5.91 Å². The van der Waals surface area contributed by atoms with Crippen molar-refractivity contribution >= 4 is 22.6 Å². The lowest BCUT2D eigenvalue weighted by Crippen LogP contribution is -2.45. The Morgan fingerprint density at radius 3 is 2.34 bits per heavy atom. The van der Waals surface area contributed by atoms with Crippen LogP contribution in [0.2, 0.25) is 0 Å². The lowest BCUT2D eigenvalue weighted by Gasteiger charge is -2.26. The third-order valence-electron chi connectivity index (χ3n) is 5.46. The minimum Gasteiger partial charge on any atom is -0.497 e. The van der Waals surface area contributed by atoms with Gasteiger partial charge in [-0.3, -0.25) is 9.59 Å². The zero-order valence-electron chi connectivity index (χ0n) is 16.8. The van der Waals surface area contributed by atoms with E-state index in [1.54, 1.807) is 38.3 Å². The largest absolute Gasteiger partial charge is 0.497 e. The van der Waals surface area contributed by atoms with Gasteiger partial charge in [0.05, 0.1) is 13.0 Å². The summed E-state index contributed by atoms with van der Waals surface area (Å²) < 4.78 is 5.25. The van der Waals surface area contributed by atoms with Gasteiger partial charge in [0, 0.05) is 6.54 Å². The van der Waals surface area contributed by atoms with Crippen LogP contribution < -0.4 is 10.1 Å². The lowest BCUT2D eigenvalue weighted by atomic mass is 9.82. The number of amides is 1. The van der Waals surface area contributed by atoms with Crippen molar-refractivity contribution in [1.29, 1.82) is 0 Å². The number of hydrogen-bond donors (Lipinski definition) is 2. The van der Waals surface area contributed by atoms with Crippen molar-refractivity contribution in [3.05, 3.63) is 77.9 Å². The van der Waals surface area contributed by atoms with Crippen molar-refractivity contribution in [3.8, 4) is 5.75 Å². The van der Waals surface area contributed by atoms with Crippen molar-refractivity contribution in [2.75, 3.05) is 13.7 Å². The summed E-state index contributed by atoms with van der Waals surface area (Å²) in [5.41, 5.74) is 0.327. The SMILES string of the molecule is COc1ccc2cc([C@H](C)C(=O)NCC(C)(C(=O)O)c3ccccc3)ccc2c1. The van der Waals surface area contributed by atoms with E-state index in [2.05, 4.69) is 5.32 Å². The number of nitrogens with one attached hydrogen (secondary N) is 1. The highest BCUT2D eigenvalue weighted by Gasteiger charge is 2.36. The molecule has 0 aliphatic rings. The molecule has 0 saturated carbocycles. The highest BCUT2D eigenvalue weighted by Crippen LogP contribution is 2.26. The lowest BCUT2D eigenvalue weighted by molar-refractivity contribution is -0.143. The molecule has 1 amide bonds. The molecule has 0 radical (unpaired) electrons. The molecule has 0 aromatic heterocycles. The molecule has 1 unspecified atom stereocenters. The summed E-state index contributed by atoms with van der Waals surface area (Å²) in [6.07, 6.45) is 0. The van der Waals surface area contributed by atoms with E-state index in [0.717, 1.165) is 22.1 Å². The normalized spacial score (nSPS) is 14.0. The topological polar surface area (TPSA) is 75.6 Å². The summed E-state index contributed by atoms with van der Waals surface area (Å²) in [5, 5.41) is 14.6. The van der Waals surface area contributed by atoms with Gasteiger partial charge >= 0.3 is 5.97 Å². The fraction of sp³-hybridized carbons (Fsp3) is 0.250. The molecule has 3 aromatic rings. The van der Waals surface area contributed by atoms with Gasteiger partial charge in [-0.25, -0.2) is 0 Å². The molecule has 0 fully saturated rings. The number of benzene rings is 3. The van der Waals surface area contributed by atoms with Gasteiger partial charge < -0.3 is 15.2 Å². The first-order chi connectivity index (χ1) is 13.8. The van der Waals surface area contributed by atoms with Gasteiger partial charge in [0.1, 0.15) is 11.2 Å². The summed E-state index contributed by atoms with van der Waals surface area (Å²) in [5.74, 6) is -0.808. The summed E-state index contributed by atoms with van der Waals surface area (Å²) in [6, 6.07) is 20.6. The molecule has 29 heavy (non-hydrogen) atoms. The number of methoxy groups -OCH3 is 1. The Morgan fingerprint density at radius 1 is 1.03 bits per heavy atom. The number of aliphatic carboxylic acids is 1. The van der Waals surface area contributed by atoms with Gasteiger partial charge in [-0.2, -0.15) is 0 Å². The Kier molecular flexibility index (Phi) is 5.87. The minimum atomic E-state index is -1.20. The maximum Gasteiger partial charge on any atom is 0.315 e. The molecule has 2 atom stereocenters. The summed E-state index contributed by atoms with van der Waals surface area (Å²) in [4.78, 5) is 24.7. The van der Waals surface area contributed by atoms with Crippen LogP contribution in [0, 0.1) is 0 Å². The number of carbonyl (C=O) groups is 2. The molecule has 0 bridgehead atoms. The van der Waals surface area contributed by atoms with E-state index in [1.165, 1.54) is 0 Å². The Morgan fingerprint density at radius 2 is 1.69 bits per heavy atom. The van der Waals surface area contributed by atoms with E-state index in [-0.39, 0.29) is 12.5 Å². The number of carbonyl (C=O) groups excluding carboxylic acids is 1. The quantitative estimate of drug-likeness (QED) is 0.636. The second kappa shape index (κ2) is 8.35. The van der Waals surface area contributed by atoms with Crippen molar-refractivity contribution < 1.29 is 19.4 Å². The van der Waals surface area contributed by atoms with Crippen LogP contribution in [0.5, 0.6) is 5.75 Å². The maximum absolute atomic E-state index is 12.8. The van der Waals surface area contributed by atoms with Gasteiger partial charge in [-0.05, 0) is 47.9 Å². The van der Waals surface area contributed by atoms with Crippen LogP contribution >= 0.6 is 0 Å². The third-order valence-corrected chi connectivity index (χ3v) is 5.46. The first-order valence-corrected chi connectivity index (χ1v) is 9.49. The van der Waals surface area contributed by atoms with E-state index in [1.807, 2.05) is 49.4 Å². The van der Waals surface area contributed by atoms with Crippen LogP contribution in [0.4, 0.5) is 0 Å². The van der Waals surface area contributed by atoms with Crippen molar-refractivity contribution in [3.63, 3.8) is 0 Å². The van der Waals surface area contributed by atoms with Crippen LogP contribution in [-0.2, 0) is 15.0 Å². The minimum absolute atomic E-state index is 0.0142. The van der Waals surface area contributed by atoms with Crippen LogP contribution in [0.25, 0.3) is 10.8 Å². The van der Waals surface area contributed by atoms with Crippen LogP contribution in [0.3, 0.4) is 0 Å². The average Bonchev–Trinajstić information content (AvgIpc) is 2.76. The summed E-state index contributed by atoms with van der Waals surface area (Å²) in [7, 11) is 1.63. The molecule has 2 N–H and O–H groups in total. The van der Waals surface area contributed by atoms with E-state index in [4.69, 9.17) is 4.74 Å². The molecule has 0 aliphatic carbocycles. The highest BCUT2D eigenvalue weighted by molar-refractivity contribution is 5.89. The van der Waals surface area contributed by atoms with E-state index >= 15 is 0 Å². The van der Waals surface area contributed by atoms with E-state index < -0.39 is 17.3 Å². The molecule has 0 aliphatic heterocycles. The maximum atomic E-state index is 12.8. The van der Waals surface area contributed by atoms with Crippen molar-refractivity contribution in [2.24, 2.45) is 0 Å². The number of carboxylic acid groups (broad SMARTS) is 1. The number of ether oxygens (including phenoxy) is 1. The number of hydrogen-bond acceptors (Lipinski definition) is 3. The van der Waals surface area contributed by atoms with Gasteiger partial charge in [-0.1, -0.05) is 54.6 Å². The first-order valence-electron chi connectivity index (χ1n) is 9.49. The Labute approximate surface area is 170 Å². The van der Waals surface area contributed by atoms with E-state index in [0.29, 0.717) is 5.56 Å². The van der Waals surface area contributed by atoms with Crippen LogP contribution in [0.1, 0.15) is 30.9 Å². The highest BCUT2D eigenvalue weighted by atomic mass is 16.5. The summed E-state index contributed by atoms with van der Waals surface area (Å²) in [6.45, 7) is 3.46. The molecule has 0 spiro atoms.